The van der Waals surface area contributed by atoms with E-state index in [-0.39, 0.29) is 0 Å². The van der Waals surface area contributed by atoms with Crippen LogP contribution in [-0.4, -0.2) is 0 Å². The molecule has 2 rings (SSSR count). The van der Waals surface area contributed by atoms with Crippen LogP contribution in [0, 0.1) is 0 Å². The Morgan fingerprint density at radius 1 is 0.933 bits per heavy atom. The molecule has 0 fully saturated rings. The minimum absolute atomic E-state index is 0.547. The lowest BCUT2D eigenvalue weighted by molar-refractivity contribution is 1.06. The van der Waals surface area contributed by atoms with Crippen molar-refractivity contribution in [2.75, 3.05) is 0 Å². The zero-order valence-corrected chi connectivity index (χ0v) is 9.87. The van der Waals surface area contributed by atoms with Gasteiger partial charge < -0.3 is 5.73 Å². The Labute approximate surface area is 98.1 Å². The van der Waals surface area contributed by atoms with Gasteiger partial charge in [-0.3, -0.25) is 0 Å². The molecule has 0 aromatic heterocycles. The second kappa shape index (κ2) is 4.60. The van der Waals surface area contributed by atoms with Gasteiger partial charge in [-0.1, -0.05) is 58.4 Å². The highest BCUT2D eigenvalue weighted by Crippen LogP contribution is 2.28. The van der Waals surface area contributed by atoms with Crippen molar-refractivity contribution in [2.45, 2.75) is 6.54 Å². The second-order valence-corrected chi connectivity index (χ2v) is 4.19. The summed E-state index contributed by atoms with van der Waals surface area (Å²) in [6, 6.07) is 16.4. The third-order valence-corrected chi connectivity index (χ3v) is 3.15. The third kappa shape index (κ3) is 2.11. The Morgan fingerprint density at radius 3 is 2.33 bits per heavy atom. The van der Waals surface area contributed by atoms with Crippen LogP contribution >= 0.6 is 15.9 Å². The molecule has 0 saturated heterocycles. The van der Waals surface area contributed by atoms with Gasteiger partial charge in [-0.05, 0) is 22.8 Å². The van der Waals surface area contributed by atoms with Crippen LogP contribution in [0.1, 0.15) is 5.56 Å². The summed E-state index contributed by atoms with van der Waals surface area (Å²) in [5.74, 6) is 0. The first-order valence-electron chi connectivity index (χ1n) is 4.86. The third-order valence-electron chi connectivity index (χ3n) is 2.41. The molecule has 0 heterocycles. The SMILES string of the molecule is NCc1c(Br)cccc1-c1ccccc1. The molecule has 2 aromatic carbocycles. The molecule has 0 aliphatic heterocycles. The molecule has 0 bridgehead atoms. The normalized spacial score (nSPS) is 10.3. The number of halogens is 1. The van der Waals surface area contributed by atoms with Crippen molar-refractivity contribution in [3.05, 3.63) is 58.6 Å². The number of hydrogen-bond acceptors (Lipinski definition) is 1. The van der Waals surface area contributed by atoms with E-state index in [9.17, 15) is 0 Å². The molecule has 0 radical (unpaired) electrons. The van der Waals surface area contributed by atoms with Crippen LogP contribution in [0.4, 0.5) is 0 Å². The number of nitrogens with two attached hydrogens (primary N) is 1. The summed E-state index contributed by atoms with van der Waals surface area (Å²) < 4.78 is 1.08. The maximum Gasteiger partial charge on any atom is 0.0226 e. The molecule has 0 aliphatic rings. The van der Waals surface area contributed by atoms with E-state index >= 15 is 0 Å². The molecule has 76 valence electrons. The van der Waals surface area contributed by atoms with E-state index in [1.54, 1.807) is 0 Å². The van der Waals surface area contributed by atoms with Crippen LogP contribution in [0.5, 0.6) is 0 Å². The van der Waals surface area contributed by atoms with Gasteiger partial charge in [-0.25, -0.2) is 0 Å². The quantitative estimate of drug-likeness (QED) is 0.879. The van der Waals surface area contributed by atoms with Crippen molar-refractivity contribution >= 4 is 15.9 Å². The Balaban J connectivity index is 2.58. The van der Waals surface area contributed by atoms with Gasteiger partial charge in [-0.2, -0.15) is 0 Å². The number of benzene rings is 2. The molecule has 1 nitrogen and oxygen atoms in total. The lowest BCUT2D eigenvalue weighted by atomic mass is 10.00. The highest BCUT2D eigenvalue weighted by Gasteiger charge is 2.05. The topological polar surface area (TPSA) is 26.0 Å². The van der Waals surface area contributed by atoms with Gasteiger partial charge in [0.05, 0.1) is 0 Å². The smallest absolute Gasteiger partial charge is 0.0226 e. The largest absolute Gasteiger partial charge is 0.326 e. The van der Waals surface area contributed by atoms with Crippen molar-refractivity contribution in [1.82, 2.24) is 0 Å². The second-order valence-electron chi connectivity index (χ2n) is 3.34. The summed E-state index contributed by atoms with van der Waals surface area (Å²) >= 11 is 3.52. The highest BCUT2D eigenvalue weighted by atomic mass is 79.9. The molecule has 2 aromatic rings. The Hall–Kier alpha value is -1.12. The van der Waals surface area contributed by atoms with Gasteiger partial charge in [0.1, 0.15) is 0 Å². The van der Waals surface area contributed by atoms with Gasteiger partial charge in [-0.15, -0.1) is 0 Å². The average Bonchev–Trinajstić information content (AvgIpc) is 2.30. The molecule has 0 amide bonds. The van der Waals surface area contributed by atoms with Crippen LogP contribution in [0.2, 0.25) is 0 Å². The molecule has 2 heteroatoms. The lowest BCUT2D eigenvalue weighted by Gasteiger charge is -2.09. The van der Waals surface area contributed by atoms with Gasteiger partial charge in [0.15, 0.2) is 0 Å². The van der Waals surface area contributed by atoms with E-state index in [4.69, 9.17) is 5.73 Å². The van der Waals surface area contributed by atoms with Crippen molar-refractivity contribution in [1.29, 1.82) is 0 Å². The number of hydrogen-bond donors (Lipinski definition) is 1. The summed E-state index contributed by atoms with van der Waals surface area (Å²) in [5.41, 5.74) is 9.32. The van der Waals surface area contributed by atoms with Crippen molar-refractivity contribution in [3.8, 4) is 11.1 Å². The van der Waals surface area contributed by atoms with E-state index in [0.29, 0.717) is 6.54 Å². The molecule has 0 saturated carbocycles. The molecule has 15 heavy (non-hydrogen) atoms. The molecule has 0 unspecified atom stereocenters. The summed E-state index contributed by atoms with van der Waals surface area (Å²) in [5, 5.41) is 0. The summed E-state index contributed by atoms with van der Waals surface area (Å²) in [6.07, 6.45) is 0. The van der Waals surface area contributed by atoms with Crippen LogP contribution in [0.15, 0.2) is 53.0 Å². The van der Waals surface area contributed by atoms with Crippen LogP contribution < -0.4 is 5.73 Å². The molecule has 0 atom stereocenters. The fourth-order valence-corrected chi connectivity index (χ4v) is 2.18. The average molecular weight is 262 g/mol. The summed E-state index contributed by atoms with van der Waals surface area (Å²) in [4.78, 5) is 0. The predicted octanol–water partition coefficient (Wildman–Crippen LogP) is 3.57. The Morgan fingerprint density at radius 2 is 1.67 bits per heavy atom. The monoisotopic (exact) mass is 261 g/mol. The van der Waals surface area contributed by atoms with E-state index in [2.05, 4.69) is 34.1 Å². The molecule has 0 aliphatic carbocycles. The van der Waals surface area contributed by atoms with Gasteiger partial charge in [0.2, 0.25) is 0 Å². The standard InChI is InChI=1S/C13H12BrN/c14-13-8-4-7-11(12(13)9-15)10-5-2-1-3-6-10/h1-8H,9,15H2. The van der Waals surface area contributed by atoms with E-state index < -0.39 is 0 Å². The van der Waals surface area contributed by atoms with Crippen LogP contribution in [0.3, 0.4) is 0 Å². The van der Waals surface area contributed by atoms with Crippen LogP contribution in [0.25, 0.3) is 11.1 Å². The maximum atomic E-state index is 5.76. The zero-order valence-electron chi connectivity index (χ0n) is 8.28. The van der Waals surface area contributed by atoms with Gasteiger partial charge in [0, 0.05) is 11.0 Å². The van der Waals surface area contributed by atoms with Gasteiger partial charge >= 0.3 is 0 Å². The first-order chi connectivity index (χ1) is 7.33. The summed E-state index contributed by atoms with van der Waals surface area (Å²) in [6.45, 7) is 0.547. The molecular weight excluding hydrogens is 250 g/mol. The Bertz CT molecular complexity index is 451. The lowest BCUT2D eigenvalue weighted by Crippen LogP contribution is -1.99. The van der Waals surface area contributed by atoms with E-state index in [1.807, 2.05) is 30.3 Å². The Kier molecular flexibility index (Phi) is 3.19. The fourth-order valence-electron chi connectivity index (χ4n) is 1.65. The molecular formula is C13H12BrN. The first kappa shape index (κ1) is 10.4. The first-order valence-corrected chi connectivity index (χ1v) is 5.65. The minimum Gasteiger partial charge on any atom is -0.326 e. The number of rotatable bonds is 2. The fraction of sp³-hybridized carbons (Fsp3) is 0.0769. The maximum absolute atomic E-state index is 5.76. The van der Waals surface area contributed by atoms with Crippen molar-refractivity contribution < 1.29 is 0 Å². The highest BCUT2D eigenvalue weighted by molar-refractivity contribution is 9.10. The van der Waals surface area contributed by atoms with E-state index in [0.717, 1.165) is 10.0 Å². The van der Waals surface area contributed by atoms with Gasteiger partial charge in [0.25, 0.3) is 0 Å². The van der Waals surface area contributed by atoms with Crippen molar-refractivity contribution in [3.63, 3.8) is 0 Å². The van der Waals surface area contributed by atoms with Crippen molar-refractivity contribution in [2.24, 2.45) is 5.73 Å². The van der Waals surface area contributed by atoms with Crippen LogP contribution in [-0.2, 0) is 6.54 Å². The predicted molar refractivity (Wildman–Crippen MR) is 67.5 cm³/mol. The zero-order chi connectivity index (χ0) is 10.7. The minimum atomic E-state index is 0.547. The summed E-state index contributed by atoms with van der Waals surface area (Å²) in [7, 11) is 0. The molecule has 0 spiro atoms. The van der Waals surface area contributed by atoms with E-state index in [1.165, 1.54) is 11.1 Å². The molecule has 2 N–H and O–H groups in total.